The number of methoxy groups -OCH3 is 2. The summed E-state index contributed by atoms with van der Waals surface area (Å²) in [7, 11) is 5.04. The van der Waals surface area contributed by atoms with Gasteiger partial charge in [0.25, 0.3) is 5.91 Å². The minimum atomic E-state index is -1.12. The average Bonchev–Trinajstić information content (AvgIpc) is 4.10. The van der Waals surface area contributed by atoms with Crippen LogP contribution in [0.3, 0.4) is 0 Å². The number of aryl methyl sites for hydroxylation is 1. The number of carbonyl (C=O) groups excluding carboxylic acids is 3. The van der Waals surface area contributed by atoms with Crippen LogP contribution < -0.4 is 30.3 Å². The fraction of sp³-hybridized carbons (Fsp3) is 0.447. The number of likely N-dealkylation sites (tertiary alicyclic amines) is 1. The number of aromatic amines is 1. The molecule has 1 unspecified atom stereocenters. The topological polar surface area (TPSA) is 201 Å². The zero-order valence-corrected chi connectivity index (χ0v) is 37.6. The Balaban J connectivity index is 0.903. The summed E-state index contributed by atoms with van der Waals surface area (Å²) in [6.07, 6.45) is 4.79. The highest BCUT2D eigenvalue weighted by Crippen LogP contribution is 2.34. The van der Waals surface area contributed by atoms with Crippen LogP contribution in [0.1, 0.15) is 69.4 Å². The minimum absolute atomic E-state index is 0.00967. The molecule has 0 spiro atoms. The summed E-state index contributed by atoms with van der Waals surface area (Å²) in [5.74, 6) is 0.326. The molecule has 2 aliphatic heterocycles. The van der Waals surface area contributed by atoms with Gasteiger partial charge in [-0.2, -0.15) is 10.2 Å². The second-order valence-electron chi connectivity index (χ2n) is 17.5. The molecule has 0 aliphatic carbocycles. The molecule has 64 heavy (non-hydrogen) atoms. The molecular weight excluding hydrogens is 817 g/mol. The fourth-order valence-electron chi connectivity index (χ4n) is 8.56. The smallest absolute Gasteiger partial charge is 0.274 e. The highest BCUT2D eigenvalue weighted by molar-refractivity contribution is 6.04. The second kappa shape index (κ2) is 20.0. The predicted molar refractivity (Wildman–Crippen MR) is 243 cm³/mol. The molecule has 0 bridgehead atoms. The Labute approximate surface area is 373 Å². The van der Waals surface area contributed by atoms with Crippen LogP contribution in [-0.2, 0) is 27.9 Å². The van der Waals surface area contributed by atoms with Crippen LogP contribution in [-0.4, -0.2) is 117 Å². The first-order chi connectivity index (χ1) is 30.7. The SMILES string of the molecule is COc1cc(-c2ccnn2C)ccc1CNC(=O)[C@@H]1CCCN1C(=O)[C@@H](NC(O)CO[C@H]1CCN(c2ccc(NC(=O)c3cccc(-c4ccn[nH]4)n3)c(OC)c2)[C@@H](C)C1)C(C)(C)C. The van der Waals surface area contributed by atoms with E-state index in [9.17, 15) is 19.5 Å². The molecule has 2 aliphatic rings. The summed E-state index contributed by atoms with van der Waals surface area (Å²) in [6.45, 7) is 9.31. The van der Waals surface area contributed by atoms with E-state index < -0.39 is 23.7 Å². The van der Waals surface area contributed by atoms with Crippen LogP contribution >= 0.6 is 0 Å². The van der Waals surface area contributed by atoms with Crippen LogP contribution in [0.25, 0.3) is 22.6 Å². The number of rotatable bonds is 16. The number of anilines is 2. The molecule has 5 atom stereocenters. The second-order valence-corrected chi connectivity index (χ2v) is 17.5. The Bertz CT molecular complexity index is 2400. The first-order valence-electron chi connectivity index (χ1n) is 21.8. The van der Waals surface area contributed by atoms with Crippen molar-refractivity contribution in [1.82, 2.24) is 40.5 Å². The highest BCUT2D eigenvalue weighted by Gasteiger charge is 2.42. The lowest BCUT2D eigenvalue weighted by Crippen LogP contribution is -2.59. The van der Waals surface area contributed by atoms with Gasteiger partial charge in [0.2, 0.25) is 11.8 Å². The third kappa shape index (κ3) is 10.5. The van der Waals surface area contributed by atoms with E-state index in [4.69, 9.17) is 14.2 Å². The number of hydrogen-bond donors (Lipinski definition) is 5. The van der Waals surface area contributed by atoms with Gasteiger partial charge in [0, 0.05) is 68.0 Å². The van der Waals surface area contributed by atoms with E-state index in [1.165, 1.54) is 0 Å². The number of nitrogens with one attached hydrogen (secondary N) is 4. The van der Waals surface area contributed by atoms with E-state index in [2.05, 4.69) is 48.1 Å². The van der Waals surface area contributed by atoms with Gasteiger partial charge in [-0.25, -0.2) is 4.98 Å². The lowest BCUT2D eigenvalue weighted by Gasteiger charge is -2.40. The molecule has 3 aromatic heterocycles. The van der Waals surface area contributed by atoms with Crippen LogP contribution in [0.5, 0.6) is 11.5 Å². The molecule has 2 saturated heterocycles. The van der Waals surface area contributed by atoms with Crippen molar-refractivity contribution in [3.63, 3.8) is 0 Å². The zero-order chi connectivity index (χ0) is 45.5. The molecule has 340 valence electrons. The van der Waals surface area contributed by atoms with Crippen molar-refractivity contribution in [2.75, 3.05) is 44.1 Å². The van der Waals surface area contributed by atoms with Crippen LogP contribution in [0.15, 0.2) is 79.1 Å². The number of amides is 3. The number of pyridine rings is 1. The number of aliphatic hydroxyl groups is 1. The minimum Gasteiger partial charge on any atom is -0.496 e. The number of aliphatic hydroxyl groups excluding tert-OH is 1. The highest BCUT2D eigenvalue weighted by atomic mass is 16.5. The van der Waals surface area contributed by atoms with Crippen molar-refractivity contribution >= 4 is 29.1 Å². The Hall–Kier alpha value is -6.30. The maximum atomic E-state index is 14.2. The number of benzene rings is 2. The molecule has 0 saturated carbocycles. The van der Waals surface area contributed by atoms with E-state index in [-0.39, 0.29) is 48.7 Å². The van der Waals surface area contributed by atoms with Crippen molar-refractivity contribution in [1.29, 1.82) is 0 Å². The molecule has 3 amide bonds. The van der Waals surface area contributed by atoms with Crippen LogP contribution in [0.4, 0.5) is 11.4 Å². The molecule has 7 rings (SSSR count). The lowest BCUT2D eigenvalue weighted by atomic mass is 9.85. The Morgan fingerprint density at radius 2 is 1.78 bits per heavy atom. The molecule has 2 aromatic carbocycles. The van der Waals surface area contributed by atoms with Crippen molar-refractivity contribution < 1.29 is 33.7 Å². The first kappa shape index (κ1) is 45.7. The maximum absolute atomic E-state index is 14.2. The van der Waals surface area contributed by atoms with Crippen molar-refractivity contribution in [3.8, 4) is 34.1 Å². The van der Waals surface area contributed by atoms with Gasteiger partial charge in [-0.15, -0.1) is 0 Å². The third-order valence-electron chi connectivity index (χ3n) is 12.0. The summed E-state index contributed by atoms with van der Waals surface area (Å²) in [5, 5.41) is 31.4. The monoisotopic (exact) mass is 876 g/mol. The van der Waals surface area contributed by atoms with Gasteiger partial charge in [0.05, 0.1) is 55.7 Å². The summed E-state index contributed by atoms with van der Waals surface area (Å²) in [4.78, 5) is 49.5. The van der Waals surface area contributed by atoms with Gasteiger partial charge < -0.3 is 39.8 Å². The molecule has 5 aromatic rings. The van der Waals surface area contributed by atoms with Crippen molar-refractivity contribution in [3.05, 3.63) is 90.4 Å². The van der Waals surface area contributed by atoms with Gasteiger partial charge in [-0.05, 0) is 80.5 Å². The van der Waals surface area contributed by atoms with Gasteiger partial charge in [-0.1, -0.05) is 39.0 Å². The van der Waals surface area contributed by atoms with E-state index in [0.29, 0.717) is 67.3 Å². The third-order valence-corrected chi connectivity index (χ3v) is 12.0. The fourth-order valence-corrected chi connectivity index (χ4v) is 8.56. The Kier molecular flexibility index (Phi) is 14.3. The molecule has 17 heteroatoms. The van der Waals surface area contributed by atoms with E-state index in [0.717, 1.165) is 22.5 Å². The van der Waals surface area contributed by atoms with Crippen molar-refractivity contribution in [2.24, 2.45) is 12.5 Å². The van der Waals surface area contributed by atoms with Gasteiger partial charge in [0.15, 0.2) is 0 Å². The van der Waals surface area contributed by atoms with Gasteiger partial charge >= 0.3 is 0 Å². The van der Waals surface area contributed by atoms with Gasteiger partial charge in [0.1, 0.15) is 29.5 Å². The number of nitrogens with zero attached hydrogens (tertiary/aromatic N) is 6. The molecule has 2 fully saturated rings. The molecule has 17 nitrogen and oxygen atoms in total. The number of piperidine rings is 1. The quantitative estimate of drug-likeness (QED) is 0.0819. The number of ether oxygens (including phenoxy) is 3. The molecule has 5 N–H and O–H groups in total. The van der Waals surface area contributed by atoms with Crippen molar-refractivity contribution in [2.45, 2.75) is 90.4 Å². The summed E-state index contributed by atoms with van der Waals surface area (Å²) in [6, 6.07) is 19.1. The summed E-state index contributed by atoms with van der Waals surface area (Å²) < 4.78 is 19.4. The Morgan fingerprint density at radius 3 is 2.48 bits per heavy atom. The zero-order valence-electron chi connectivity index (χ0n) is 37.6. The summed E-state index contributed by atoms with van der Waals surface area (Å²) >= 11 is 0. The predicted octanol–water partition coefficient (Wildman–Crippen LogP) is 5.15. The molecule has 0 radical (unpaired) electrons. The lowest BCUT2D eigenvalue weighted by molar-refractivity contribution is -0.143. The number of aromatic nitrogens is 5. The normalized spacial score (nSPS) is 18.7. The Morgan fingerprint density at radius 1 is 0.969 bits per heavy atom. The number of H-pyrrole nitrogens is 1. The number of carbonyl (C=O) groups is 3. The molecule has 5 heterocycles. The maximum Gasteiger partial charge on any atom is 0.274 e. The summed E-state index contributed by atoms with van der Waals surface area (Å²) in [5.41, 5.74) is 5.17. The first-order valence-corrected chi connectivity index (χ1v) is 21.8. The largest absolute Gasteiger partial charge is 0.496 e. The van der Waals surface area contributed by atoms with E-state index >= 15 is 0 Å². The van der Waals surface area contributed by atoms with E-state index in [1.807, 2.05) is 70.3 Å². The van der Waals surface area contributed by atoms with Crippen LogP contribution in [0, 0.1) is 5.41 Å². The van der Waals surface area contributed by atoms with Crippen LogP contribution in [0.2, 0.25) is 0 Å². The standard InChI is InChI=1S/C47H60N10O7/c1-29-24-33(19-23-56(29)32-15-16-36(41(26-32)63-7)52-44(59)37-11-8-10-34(51-37)35-17-20-49-54-35)64-28-42(58)53-43(47(2,3)4)46(61)57-22-9-12-39(57)45(60)48-27-31-14-13-30(25-40(31)62-6)38-18-21-50-55(38)5/h8,10-11,13-18,20-21,25-26,29,33,39,42-43,53,58H,9,12,19,22-24,27-28H2,1-7H3,(H,48,60)(H,49,54)(H,52,59)/t29-,33-,39-,42?,43+/m0/s1. The van der Waals surface area contributed by atoms with Gasteiger partial charge in [-0.3, -0.25) is 29.5 Å². The average molecular weight is 877 g/mol. The van der Waals surface area contributed by atoms with E-state index in [1.54, 1.807) is 60.5 Å². The molecular formula is C47H60N10O7. The number of hydrogen-bond acceptors (Lipinski definition) is 12.